The molecule has 0 atom stereocenters. The topological polar surface area (TPSA) is 29.1 Å². The molecule has 1 aliphatic rings. The summed E-state index contributed by atoms with van der Waals surface area (Å²) in [5, 5.41) is 3.36. The van der Waals surface area contributed by atoms with Gasteiger partial charge in [-0.05, 0) is 5.56 Å². The molecule has 0 radical (unpaired) electrons. The SMILES string of the molecule is CC1(C)CC(=O)C=C(NCc2ccccc2)C1(Br)Br. The quantitative estimate of drug-likeness (QED) is 0.790. The average molecular weight is 387 g/mol. The smallest absolute Gasteiger partial charge is 0.158 e. The van der Waals surface area contributed by atoms with Gasteiger partial charge in [-0.15, -0.1) is 0 Å². The number of alkyl halides is 2. The van der Waals surface area contributed by atoms with Crippen LogP contribution in [0.25, 0.3) is 0 Å². The monoisotopic (exact) mass is 385 g/mol. The Hall–Kier alpha value is -0.610. The molecule has 0 aromatic heterocycles. The fourth-order valence-electron chi connectivity index (χ4n) is 2.17. The van der Waals surface area contributed by atoms with Gasteiger partial charge in [0.05, 0.1) is 0 Å². The van der Waals surface area contributed by atoms with Gasteiger partial charge in [0, 0.05) is 30.2 Å². The largest absolute Gasteiger partial charge is 0.382 e. The van der Waals surface area contributed by atoms with Crippen LogP contribution in [0.3, 0.4) is 0 Å². The van der Waals surface area contributed by atoms with Crippen LogP contribution in [0.5, 0.6) is 0 Å². The Bertz CT molecular complexity index is 506. The third-order valence-electron chi connectivity index (χ3n) is 3.44. The first-order valence-corrected chi connectivity index (χ1v) is 7.82. The molecule has 0 heterocycles. The first-order chi connectivity index (χ1) is 8.83. The van der Waals surface area contributed by atoms with E-state index >= 15 is 0 Å². The molecule has 0 saturated heterocycles. The van der Waals surface area contributed by atoms with E-state index in [2.05, 4.69) is 63.2 Å². The fraction of sp³-hybridized carbons (Fsp3) is 0.400. The third-order valence-corrected chi connectivity index (χ3v) is 6.44. The standard InChI is InChI=1S/C15H17Br2NO/c1-14(2)9-12(19)8-13(15(14,16)17)18-10-11-6-4-3-5-7-11/h3-8,18H,9-10H2,1-2H3. The molecule has 0 bridgehead atoms. The van der Waals surface area contributed by atoms with Gasteiger partial charge < -0.3 is 5.32 Å². The molecule has 0 unspecified atom stereocenters. The first kappa shape index (κ1) is 14.8. The van der Waals surface area contributed by atoms with E-state index in [9.17, 15) is 4.79 Å². The van der Waals surface area contributed by atoms with E-state index in [-0.39, 0.29) is 11.2 Å². The molecule has 1 aromatic rings. The Morgan fingerprint density at radius 3 is 2.47 bits per heavy atom. The molecule has 2 rings (SSSR count). The zero-order chi connectivity index (χ0) is 14.1. The van der Waals surface area contributed by atoms with Crippen molar-refractivity contribution in [1.29, 1.82) is 0 Å². The molecule has 1 aliphatic carbocycles. The number of carbonyl (C=O) groups excluding carboxylic acids is 1. The number of nitrogens with one attached hydrogen (secondary N) is 1. The molecule has 0 aliphatic heterocycles. The van der Waals surface area contributed by atoms with Crippen LogP contribution in [0, 0.1) is 5.41 Å². The summed E-state index contributed by atoms with van der Waals surface area (Å²) in [6.07, 6.45) is 2.22. The van der Waals surface area contributed by atoms with Gasteiger partial charge in [0.2, 0.25) is 0 Å². The van der Waals surface area contributed by atoms with Crippen molar-refractivity contribution >= 4 is 37.6 Å². The Balaban J connectivity index is 2.17. The van der Waals surface area contributed by atoms with Crippen LogP contribution in [0.1, 0.15) is 25.8 Å². The summed E-state index contributed by atoms with van der Waals surface area (Å²) in [7, 11) is 0. The van der Waals surface area contributed by atoms with Crippen LogP contribution in [0.4, 0.5) is 0 Å². The second-order valence-electron chi connectivity index (χ2n) is 5.50. The van der Waals surface area contributed by atoms with Crippen LogP contribution in [0.15, 0.2) is 42.1 Å². The van der Waals surface area contributed by atoms with Gasteiger partial charge in [0.15, 0.2) is 5.78 Å². The second kappa shape index (κ2) is 5.41. The fourth-order valence-corrected chi connectivity index (χ4v) is 2.96. The third kappa shape index (κ3) is 3.11. The van der Waals surface area contributed by atoms with Crippen molar-refractivity contribution in [2.24, 2.45) is 5.41 Å². The zero-order valence-corrected chi connectivity index (χ0v) is 14.2. The summed E-state index contributed by atoms with van der Waals surface area (Å²) in [5.41, 5.74) is 1.89. The lowest BCUT2D eigenvalue weighted by atomic mass is 9.78. The summed E-state index contributed by atoms with van der Waals surface area (Å²) in [4.78, 5) is 11.8. The number of allylic oxidation sites excluding steroid dienone is 2. The van der Waals surface area contributed by atoms with Crippen molar-refractivity contribution in [2.75, 3.05) is 0 Å². The van der Waals surface area contributed by atoms with Crippen molar-refractivity contribution in [1.82, 2.24) is 5.32 Å². The first-order valence-electron chi connectivity index (χ1n) is 6.23. The average Bonchev–Trinajstić information content (AvgIpc) is 2.33. The molecular formula is C15H17Br2NO. The highest BCUT2D eigenvalue weighted by molar-refractivity contribution is 9.25. The Morgan fingerprint density at radius 2 is 1.84 bits per heavy atom. The number of hydrogen-bond donors (Lipinski definition) is 1. The minimum atomic E-state index is -0.393. The maximum absolute atomic E-state index is 11.8. The van der Waals surface area contributed by atoms with Crippen molar-refractivity contribution in [3.8, 4) is 0 Å². The van der Waals surface area contributed by atoms with Gasteiger partial charge in [0.1, 0.15) is 3.23 Å². The van der Waals surface area contributed by atoms with E-state index in [1.54, 1.807) is 6.08 Å². The summed E-state index contributed by atoms with van der Waals surface area (Å²) < 4.78 is -0.393. The lowest BCUT2D eigenvalue weighted by Gasteiger charge is -2.42. The van der Waals surface area contributed by atoms with Gasteiger partial charge >= 0.3 is 0 Å². The maximum Gasteiger partial charge on any atom is 0.158 e. The lowest BCUT2D eigenvalue weighted by molar-refractivity contribution is -0.117. The minimum Gasteiger partial charge on any atom is -0.382 e. The van der Waals surface area contributed by atoms with Gasteiger partial charge in [0.25, 0.3) is 0 Å². The van der Waals surface area contributed by atoms with Crippen LogP contribution >= 0.6 is 31.9 Å². The van der Waals surface area contributed by atoms with E-state index in [0.29, 0.717) is 13.0 Å². The van der Waals surface area contributed by atoms with E-state index in [1.807, 2.05) is 18.2 Å². The maximum atomic E-state index is 11.8. The van der Waals surface area contributed by atoms with Crippen molar-refractivity contribution in [3.05, 3.63) is 47.7 Å². The van der Waals surface area contributed by atoms with Gasteiger partial charge in [-0.1, -0.05) is 76.0 Å². The van der Waals surface area contributed by atoms with Crippen LogP contribution in [-0.4, -0.2) is 9.02 Å². The number of ketones is 1. The molecule has 0 amide bonds. The summed E-state index contributed by atoms with van der Waals surface area (Å²) >= 11 is 7.43. The highest BCUT2D eigenvalue weighted by Crippen LogP contribution is 2.52. The van der Waals surface area contributed by atoms with E-state index in [0.717, 1.165) is 5.70 Å². The van der Waals surface area contributed by atoms with Crippen molar-refractivity contribution in [2.45, 2.75) is 30.0 Å². The Kier molecular flexibility index (Phi) is 4.21. The molecular weight excluding hydrogens is 370 g/mol. The number of hydrogen-bond acceptors (Lipinski definition) is 2. The van der Waals surface area contributed by atoms with Gasteiger partial charge in [-0.25, -0.2) is 0 Å². The Labute approximate surface area is 130 Å². The highest BCUT2D eigenvalue weighted by atomic mass is 79.9. The number of rotatable bonds is 3. The summed E-state index contributed by atoms with van der Waals surface area (Å²) in [6.45, 7) is 4.85. The molecule has 1 aromatic carbocycles. The molecule has 19 heavy (non-hydrogen) atoms. The van der Waals surface area contributed by atoms with Crippen molar-refractivity contribution in [3.63, 3.8) is 0 Å². The molecule has 1 N–H and O–H groups in total. The number of benzene rings is 1. The van der Waals surface area contributed by atoms with Crippen LogP contribution in [-0.2, 0) is 11.3 Å². The predicted octanol–water partition coefficient (Wildman–Crippen LogP) is 4.15. The van der Waals surface area contributed by atoms with E-state index in [1.165, 1.54) is 5.56 Å². The highest BCUT2D eigenvalue weighted by Gasteiger charge is 2.48. The molecule has 102 valence electrons. The molecule has 0 saturated carbocycles. The van der Waals surface area contributed by atoms with E-state index in [4.69, 9.17) is 0 Å². The second-order valence-corrected chi connectivity index (χ2v) is 8.94. The minimum absolute atomic E-state index is 0.162. The van der Waals surface area contributed by atoms with Gasteiger partial charge in [-0.3, -0.25) is 4.79 Å². The van der Waals surface area contributed by atoms with Crippen LogP contribution in [0.2, 0.25) is 0 Å². The van der Waals surface area contributed by atoms with Crippen molar-refractivity contribution < 1.29 is 4.79 Å². The summed E-state index contributed by atoms with van der Waals surface area (Å²) in [6, 6.07) is 10.1. The van der Waals surface area contributed by atoms with Crippen LogP contribution < -0.4 is 5.32 Å². The van der Waals surface area contributed by atoms with Gasteiger partial charge in [-0.2, -0.15) is 0 Å². The zero-order valence-electron chi connectivity index (χ0n) is 11.0. The Morgan fingerprint density at radius 1 is 1.21 bits per heavy atom. The van der Waals surface area contributed by atoms with E-state index < -0.39 is 3.23 Å². The predicted molar refractivity (Wildman–Crippen MR) is 85.4 cm³/mol. The normalized spacial score (nSPS) is 20.8. The number of carbonyl (C=O) groups is 1. The molecule has 0 fully saturated rings. The number of halogens is 2. The summed E-state index contributed by atoms with van der Waals surface area (Å²) in [5.74, 6) is 0.162. The molecule has 0 spiro atoms. The lowest BCUT2D eigenvalue weighted by Crippen LogP contribution is -2.44. The molecule has 4 heteroatoms. The molecule has 2 nitrogen and oxygen atoms in total.